The lowest BCUT2D eigenvalue weighted by Crippen LogP contribution is -2.49. The van der Waals surface area contributed by atoms with Crippen molar-refractivity contribution >= 4 is 34.3 Å². The zero-order valence-electron chi connectivity index (χ0n) is 15.6. The van der Waals surface area contributed by atoms with Crippen LogP contribution in [0.1, 0.15) is 20.8 Å². The average molecular weight is 384 g/mol. The molecule has 2 heterocycles. The predicted octanol–water partition coefficient (Wildman–Crippen LogP) is 1.73. The number of nitrogens with zero attached hydrogens (tertiary/aromatic N) is 5. The van der Waals surface area contributed by atoms with E-state index in [0.29, 0.717) is 21.8 Å². The van der Waals surface area contributed by atoms with Crippen LogP contribution in [0.2, 0.25) is 0 Å². The first-order chi connectivity index (χ1) is 12.8. The number of nitrogens with one attached hydrogen (secondary N) is 1. The lowest BCUT2D eigenvalue weighted by atomic mass is 9.90. The molecule has 0 radical (unpaired) electrons. The Hall–Kier alpha value is -2.86. The Morgan fingerprint density at radius 3 is 2.74 bits per heavy atom. The highest BCUT2D eigenvalue weighted by molar-refractivity contribution is 7.99. The van der Waals surface area contributed by atoms with Gasteiger partial charge in [0.2, 0.25) is 11.7 Å². The van der Waals surface area contributed by atoms with Crippen molar-refractivity contribution in [2.24, 2.45) is 13.0 Å². The van der Waals surface area contributed by atoms with Crippen LogP contribution < -0.4 is 10.9 Å². The fourth-order valence-corrected chi connectivity index (χ4v) is 3.40. The first kappa shape index (κ1) is 18.9. The minimum absolute atomic E-state index is 0.0242. The maximum absolute atomic E-state index is 12.5. The molecule has 1 atom stereocenters. The number of para-hydroxylation sites is 1. The van der Waals surface area contributed by atoms with Crippen molar-refractivity contribution in [1.29, 1.82) is 5.26 Å². The van der Waals surface area contributed by atoms with Crippen LogP contribution in [-0.2, 0) is 11.8 Å². The van der Waals surface area contributed by atoms with Crippen molar-refractivity contribution in [3.63, 3.8) is 0 Å². The SMILES string of the molecule is CC(C)C(C)(C#N)NC(=O)CSc1nnc2n(C)c(=O)c3ccccc3n12. The van der Waals surface area contributed by atoms with E-state index in [9.17, 15) is 14.9 Å². The second kappa shape index (κ2) is 7.04. The van der Waals surface area contributed by atoms with E-state index in [4.69, 9.17) is 0 Å². The number of thioether (sulfide) groups is 1. The normalized spacial score (nSPS) is 13.6. The molecule has 9 heteroatoms. The molecule has 1 N–H and O–H groups in total. The molecule has 0 aliphatic carbocycles. The quantitative estimate of drug-likeness (QED) is 0.672. The zero-order chi connectivity index (χ0) is 19.8. The van der Waals surface area contributed by atoms with Crippen LogP contribution in [0.4, 0.5) is 0 Å². The summed E-state index contributed by atoms with van der Waals surface area (Å²) in [5.74, 6) is 0.209. The Kier molecular flexibility index (Phi) is 4.93. The van der Waals surface area contributed by atoms with Gasteiger partial charge in [-0.2, -0.15) is 5.26 Å². The molecular formula is C18H20N6O2S. The summed E-state index contributed by atoms with van der Waals surface area (Å²) < 4.78 is 3.20. The molecule has 0 bridgehead atoms. The summed E-state index contributed by atoms with van der Waals surface area (Å²) in [7, 11) is 1.64. The van der Waals surface area contributed by atoms with Gasteiger partial charge in [-0.3, -0.25) is 18.6 Å². The summed E-state index contributed by atoms with van der Waals surface area (Å²) in [5.41, 5.74) is -0.393. The van der Waals surface area contributed by atoms with Crippen LogP contribution in [0.25, 0.3) is 16.7 Å². The largest absolute Gasteiger partial charge is 0.337 e. The Morgan fingerprint density at radius 1 is 1.37 bits per heavy atom. The van der Waals surface area contributed by atoms with Gasteiger partial charge in [0.1, 0.15) is 5.54 Å². The number of nitriles is 1. The van der Waals surface area contributed by atoms with Crippen molar-refractivity contribution in [2.45, 2.75) is 31.5 Å². The topological polar surface area (TPSA) is 105 Å². The number of hydrogen-bond acceptors (Lipinski definition) is 6. The standard InChI is InChI=1S/C18H20N6O2S/c1-11(2)18(3,10-19)20-14(25)9-27-17-22-21-16-23(4)15(26)12-7-5-6-8-13(12)24(16)17/h5-8,11H,9H2,1-4H3,(H,20,25). The third kappa shape index (κ3) is 3.28. The Bertz CT molecular complexity index is 1130. The van der Waals surface area contributed by atoms with Crippen LogP contribution in [0.3, 0.4) is 0 Å². The van der Waals surface area contributed by atoms with E-state index < -0.39 is 5.54 Å². The van der Waals surface area contributed by atoms with Gasteiger partial charge in [0.15, 0.2) is 5.16 Å². The summed E-state index contributed by atoms with van der Waals surface area (Å²) in [4.78, 5) is 24.8. The Labute approximate surface area is 160 Å². The number of hydrogen-bond donors (Lipinski definition) is 1. The number of benzene rings is 1. The molecule has 3 aromatic rings. The molecule has 2 aromatic heterocycles. The third-order valence-corrected chi connectivity index (χ3v) is 5.64. The van der Waals surface area contributed by atoms with E-state index in [1.54, 1.807) is 30.5 Å². The summed E-state index contributed by atoms with van der Waals surface area (Å²) in [6.07, 6.45) is 0. The number of carbonyl (C=O) groups is 1. The van der Waals surface area contributed by atoms with Gasteiger partial charge in [-0.1, -0.05) is 37.7 Å². The maximum Gasteiger partial charge on any atom is 0.262 e. The van der Waals surface area contributed by atoms with Crippen LogP contribution >= 0.6 is 11.8 Å². The summed E-state index contributed by atoms with van der Waals surface area (Å²) >= 11 is 1.21. The second-order valence-corrected chi connectivity index (χ2v) is 7.75. The van der Waals surface area contributed by atoms with Gasteiger partial charge < -0.3 is 5.32 Å². The van der Waals surface area contributed by atoms with Crippen LogP contribution in [0, 0.1) is 17.2 Å². The zero-order valence-corrected chi connectivity index (χ0v) is 16.4. The molecule has 0 aliphatic rings. The first-order valence-corrected chi connectivity index (χ1v) is 9.45. The molecule has 0 saturated carbocycles. The van der Waals surface area contributed by atoms with Gasteiger partial charge in [-0.05, 0) is 25.0 Å². The molecule has 0 fully saturated rings. The van der Waals surface area contributed by atoms with Crippen molar-refractivity contribution in [3.8, 4) is 6.07 Å². The molecule has 1 amide bonds. The van der Waals surface area contributed by atoms with E-state index in [-0.39, 0.29) is 23.1 Å². The number of amides is 1. The minimum atomic E-state index is -0.929. The van der Waals surface area contributed by atoms with Gasteiger partial charge in [0.25, 0.3) is 5.56 Å². The van der Waals surface area contributed by atoms with E-state index in [1.807, 2.05) is 26.0 Å². The summed E-state index contributed by atoms with van der Waals surface area (Å²) in [5, 5.41) is 21.4. The Morgan fingerprint density at radius 2 is 2.07 bits per heavy atom. The average Bonchev–Trinajstić information content (AvgIpc) is 3.08. The fraction of sp³-hybridized carbons (Fsp3) is 0.389. The van der Waals surface area contributed by atoms with Gasteiger partial charge in [0, 0.05) is 7.05 Å². The van der Waals surface area contributed by atoms with E-state index in [2.05, 4.69) is 21.6 Å². The molecule has 8 nitrogen and oxygen atoms in total. The highest BCUT2D eigenvalue weighted by atomic mass is 32.2. The third-order valence-electron chi connectivity index (χ3n) is 4.71. The smallest absolute Gasteiger partial charge is 0.262 e. The van der Waals surface area contributed by atoms with Gasteiger partial charge in [-0.25, -0.2) is 0 Å². The lowest BCUT2D eigenvalue weighted by molar-refractivity contribution is -0.120. The van der Waals surface area contributed by atoms with E-state index >= 15 is 0 Å². The molecule has 0 aliphatic heterocycles. The molecule has 3 rings (SSSR count). The van der Waals surface area contributed by atoms with Crippen LogP contribution in [0.15, 0.2) is 34.2 Å². The number of rotatable bonds is 5. The van der Waals surface area contributed by atoms with Gasteiger partial charge in [0.05, 0.1) is 22.7 Å². The number of carbonyl (C=O) groups excluding carboxylic acids is 1. The summed E-state index contributed by atoms with van der Waals surface area (Å²) in [6.45, 7) is 5.47. The van der Waals surface area contributed by atoms with E-state index in [1.165, 1.54) is 16.3 Å². The molecule has 140 valence electrons. The van der Waals surface area contributed by atoms with Gasteiger partial charge >= 0.3 is 0 Å². The molecule has 0 saturated heterocycles. The van der Waals surface area contributed by atoms with Gasteiger partial charge in [-0.15, -0.1) is 10.2 Å². The molecule has 0 spiro atoms. The van der Waals surface area contributed by atoms with Crippen molar-refractivity contribution in [3.05, 3.63) is 34.6 Å². The number of aryl methyl sites for hydroxylation is 1. The molecule has 27 heavy (non-hydrogen) atoms. The molecular weight excluding hydrogens is 364 g/mol. The number of aromatic nitrogens is 4. The highest BCUT2D eigenvalue weighted by Crippen LogP contribution is 2.22. The first-order valence-electron chi connectivity index (χ1n) is 8.46. The monoisotopic (exact) mass is 384 g/mol. The molecule has 1 unspecified atom stereocenters. The fourth-order valence-electron chi connectivity index (χ4n) is 2.66. The lowest BCUT2D eigenvalue weighted by Gasteiger charge is -2.27. The van der Waals surface area contributed by atoms with Crippen molar-refractivity contribution < 1.29 is 4.79 Å². The highest BCUT2D eigenvalue weighted by Gasteiger charge is 2.30. The van der Waals surface area contributed by atoms with Crippen molar-refractivity contribution in [1.82, 2.24) is 24.5 Å². The van der Waals surface area contributed by atoms with Crippen molar-refractivity contribution in [2.75, 3.05) is 5.75 Å². The van der Waals surface area contributed by atoms with Crippen LogP contribution in [0.5, 0.6) is 0 Å². The maximum atomic E-state index is 12.5. The van der Waals surface area contributed by atoms with E-state index in [0.717, 1.165) is 0 Å². The minimum Gasteiger partial charge on any atom is -0.337 e. The summed E-state index contributed by atoms with van der Waals surface area (Å²) in [6, 6.07) is 9.37. The second-order valence-electron chi connectivity index (χ2n) is 6.81. The predicted molar refractivity (Wildman–Crippen MR) is 103 cm³/mol. The Balaban J connectivity index is 1.92. The number of fused-ring (bicyclic) bond motifs is 3. The molecule has 1 aromatic carbocycles. The van der Waals surface area contributed by atoms with Crippen LogP contribution in [-0.4, -0.2) is 36.4 Å².